The molecule has 3 atom stereocenters. The molecular formula is C22H18O11. The van der Waals surface area contributed by atoms with Crippen LogP contribution in [-0.4, -0.2) is 52.9 Å². The van der Waals surface area contributed by atoms with Crippen LogP contribution in [0.2, 0.25) is 0 Å². The average Bonchev–Trinajstić information content (AvgIpc) is 2.74. The molecular weight excluding hydrogens is 440 g/mol. The molecule has 0 saturated heterocycles. The first-order valence-corrected chi connectivity index (χ1v) is 9.45. The highest BCUT2D eigenvalue weighted by Gasteiger charge is 2.43. The standard InChI is InChI=1S/C22H18O11/c23-10-6-13(26)17-16(7-10)32-20(8-1-2-11(24)12(25)3-8)21(19(17)30)33-22(31)9-4-14(27)18(29)15(28)5-9/h1-7,19-21,23-30H/t19-,20-,21+/m0/s1. The zero-order chi connectivity index (χ0) is 24.0. The van der Waals surface area contributed by atoms with Crippen molar-refractivity contribution in [2.24, 2.45) is 0 Å². The second-order valence-corrected chi connectivity index (χ2v) is 7.34. The second-order valence-electron chi connectivity index (χ2n) is 7.34. The monoisotopic (exact) mass is 458 g/mol. The van der Waals surface area contributed by atoms with Gasteiger partial charge in [0.05, 0.1) is 11.1 Å². The fourth-order valence-corrected chi connectivity index (χ4v) is 3.54. The van der Waals surface area contributed by atoms with E-state index in [4.69, 9.17) is 9.47 Å². The zero-order valence-corrected chi connectivity index (χ0v) is 16.6. The molecule has 4 rings (SSSR count). The van der Waals surface area contributed by atoms with E-state index in [9.17, 15) is 45.6 Å². The van der Waals surface area contributed by atoms with Crippen LogP contribution in [0.4, 0.5) is 0 Å². The summed E-state index contributed by atoms with van der Waals surface area (Å²) >= 11 is 0. The average molecular weight is 458 g/mol. The maximum atomic E-state index is 12.7. The molecule has 3 aromatic rings. The van der Waals surface area contributed by atoms with Gasteiger partial charge in [-0.2, -0.15) is 0 Å². The van der Waals surface area contributed by atoms with E-state index in [1.54, 1.807) is 0 Å². The van der Waals surface area contributed by atoms with Gasteiger partial charge in [-0.1, -0.05) is 6.07 Å². The number of esters is 1. The number of aliphatic hydroxyl groups excluding tert-OH is 1. The van der Waals surface area contributed by atoms with Crippen LogP contribution in [0.25, 0.3) is 0 Å². The van der Waals surface area contributed by atoms with Crippen molar-refractivity contribution >= 4 is 5.97 Å². The summed E-state index contributed by atoms with van der Waals surface area (Å²) in [6.07, 6.45) is -4.51. The number of hydrogen-bond acceptors (Lipinski definition) is 11. The van der Waals surface area contributed by atoms with Crippen molar-refractivity contribution in [1.29, 1.82) is 0 Å². The van der Waals surface area contributed by atoms with Gasteiger partial charge in [0.2, 0.25) is 0 Å². The van der Waals surface area contributed by atoms with Gasteiger partial charge in [-0.25, -0.2) is 4.79 Å². The molecule has 1 heterocycles. The highest BCUT2D eigenvalue weighted by molar-refractivity contribution is 5.91. The third-order valence-electron chi connectivity index (χ3n) is 5.14. The first-order chi connectivity index (χ1) is 15.6. The lowest BCUT2D eigenvalue weighted by molar-refractivity contribution is -0.0841. The van der Waals surface area contributed by atoms with E-state index in [1.165, 1.54) is 6.07 Å². The van der Waals surface area contributed by atoms with Crippen LogP contribution < -0.4 is 4.74 Å². The largest absolute Gasteiger partial charge is 0.508 e. The van der Waals surface area contributed by atoms with E-state index in [0.29, 0.717) is 0 Å². The molecule has 0 aliphatic carbocycles. The summed E-state index contributed by atoms with van der Waals surface area (Å²) in [4.78, 5) is 12.7. The molecule has 8 N–H and O–H groups in total. The molecule has 11 nitrogen and oxygen atoms in total. The van der Waals surface area contributed by atoms with E-state index >= 15 is 0 Å². The Labute approximate surface area is 185 Å². The van der Waals surface area contributed by atoms with Crippen molar-refractivity contribution in [3.05, 3.63) is 59.2 Å². The third-order valence-corrected chi connectivity index (χ3v) is 5.14. The zero-order valence-electron chi connectivity index (χ0n) is 16.6. The van der Waals surface area contributed by atoms with Gasteiger partial charge in [0, 0.05) is 17.7 Å². The Hall–Kier alpha value is -4.51. The van der Waals surface area contributed by atoms with Crippen molar-refractivity contribution in [2.45, 2.75) is 18.3 Å². The van der Waals surface area contributed by atoms with Gasteiger partial charge < -0.3 is 50.3 Å². The third kappa shape index (κ3) is 3.81. The van der Waals surface area contributed by atoms with E-state index in [-0.39, 0.29) is 28.2 Å². The number of rotatable bonds is 3. The minimum Gasteiger partial charge on any atom is -0.508 e. The summed E-state index contributed by atoms with van der Waals surface area (Å²) in [5.41, 5.74) is -0.392. The second kappa shape index (κ2) is 7.88. The van der Waals surface area contributed by atoms with Crippen LogP contribution in [0.15, 0.2) is 42.5 Å². The Kier molecular flexibility index (Phi) is 5.18. The maximum absolute atomic E-state index is 12.7. The fraction of sp³-hybridized carbons (Fsp3) is 0.136. The molecule has 0 amide bonds. The molecule has 0 fully saturated rings. The molecule has 0 radical (unpaired) electrons. The van der Waals surface area contributed by atoms with E-state index in [1.807, 2.05) is 0 Å². The number of fused-ring (bicyclic) bond motifs is 1. The van der Waals surface area contributed by atoms with Gasteiger partial charge >= 0.3 is 5.97 Å². The number of hydrogen-bond donors (Lipinski definition) is 8. The topological polar surface area (TPSA) is 197 Å². The van der Waals surface area contributed by atoms with Crippen LogP contribution in [0, 0.1) is 0 Å². The van der Waals surface area contributed by atoms with Crippen molar-refractivity contribution in [2.75, 3.05) is 0 Å². The van der Waals surface area contributed by atoms with Crippen molar-refractivity contribution < 1.29 is 55.1 Å². The smallest absolute Gasteiger partial charge is 0.338 e. The lowest BCUT2D eigenvalue weighted by Crippen LogP contribution is -2.38. The molecule has 0 aromatic heterocycles. The molecule has 0 unspecified atom stereocenters. The van der Waals surface area contributed by atoms with Crippen LogP contribution in [-0.2, 0) is 4.74 Å². The summed E-state index contributed by atoms with van der Waals surface area (Å²) in [7, 11) is 0. The molecule has 1 aliphatic heterocycles. The minimum absolute atomic E-state index is 0.121. The van der Waals surface area contributed by atoms with Gasteiger partial charge in [-0.3, -0.25) is 0 Å². The van der Waals surface area contributed by atoms with Gasteiger partial charge in [-0.15, -0.1) is 0 Å². The van der Waals surface area contributed by atoms with E-state index < -0.39 is 58.8 Å². The number of ether oxygens (including phenoxy) is 2. The van der Waals surface area contributed by atoms with Crippen LogP contribution in [0.5, 0.6) is 46.0 Å². The lowest BCUT2D eigenvalue weighted by Gasteiger charge is -2.37. The SMILES string of the molecule is O=C(O[C@@H]1[C@@H](O)c2c(O)cc(O)cc2O[C@H]1c1ccc(O)c(O)c1)c1cc(O)c(O)c(O)c1. The number of benzene rings is 3. The molecule has 3 aromatic carbocycles. The normalized spacial score (nSPS) is 19.4. The quantitative estimate of drug-likeness (QED) is 0.211. The summed E-state index contributed by atoms with van der Waals surface area (Å²) < 4.78 is 11.2. The number of phenols is 7. The summed E-state index contributed by atoms with van der Waals surface area (Å²) in [5.74, 6) is -5.54. The summed E-state index contributed by atoms with van der Waals surface area (Å²) in [6, 6.07) is 7.33. The van der Waals surface area contributed by atoms with Gasteiger partial charge in [0.1, 0.15) is 23.4 Å². The molecule has 0 spiro atoms. The van der Waals surface area contributed by atoms with Crippen molar-refractivity contribution in [1.82, 2.24) is 0 Å². The first kappa shape index (κ1) is 21.7. The number of carbonyl (C=O) groups excluding carboxylic acids is 1. The lowest BCUT2D eigenvalue weighted by atomic mass is 9.91. The van der Waals surface area contributed by atoms with Gasteiger partial charge in [0.25, 0.3) is 0 Å². The predicted octanol–water partition coefficient (Wildman–Crippen LogP) is 2.02. The van der Waals surface area contributed by atoms with Crippen LogP contribution in [0.1, 0.15) is 33.7 Å². The highest BCUT2D eigenvalue weighted by Crippen LogP contribution is 2.49. The minimum atomic E-state index is -1.68. The Morgan fingerprint density at radius 1 is 0.788 bits per heavy atom. The number of aromatic hydroxyl groups is 7. The molecule has 11 heteroatoms. The van der Waals surface area contributed by atoms with E-state index in [0.717, 1.165) is 36.4 Å². The number of phenolic OH excluding ortho intramolecular Hbond substituents is 7. The number of carbonyl (C=O) groups is 1. The summed E-state index contributed by atoms with van der Waals surface area (Å²) in [6.45, 7) is 0. The molecule has 1 aliphatic rings. The predicted molar refractivity (Wildman–Crippen MR) is 109 cm³/mol. The van der Waals surface area contributed by atoms with Crippen molar-refractivity contribution in [3.63, 3.8) is 0 Å². The Bertz CT molecular complexity index is 1230. The highest BCUT2D eigenvalue weighted by atomic mass is 16.6. The fourth-order valence-electron chi connectivity index (χ4n) is 3.54. The molecule has 33 heavy (non-hydrogen) atoms. The summed E-state index contributed by atoms with van der Waals surface area (Å²) in [5, 5.41) is 79.2. The van der Waals surface area contributed by atoms with Crippen LogP contribution >= 0.6 is 0 Å². The Morgan fingerprint density at radius 3 is 2.09 bits per heavy atom. The maximum Gasteiger partial charge on any atom is 0.338 e. The molecule has 172 valence electrons. The van der Waals surface area contributed by atoms with E-state index in [2.05, 4.69) is 0 Å². The van der Waals surface area contributed by atoms with Crippen LogP contribution in [0.3, 0.4) is 0 Å². The Balaban J connectivity index is 1.77. The number of aliphatic hydroxyl groups is 1. The van der Waals surface area contributed by atoms with Crippen molar-refractivity contribution in [3.8, 4) is 46.0 Å². The first-order valence-electron chi connectivity index (χ1n) is 9.45. The Morgan fingerprint density at radius 2 is 1.45 bits per heavy atom. The molecule has 0 bridgehead atoms. The van der Waals surface area contributed by atoms with Gasteiger partial charge in [-0.05, 0) is 24.3 Å². The molecule has 0 saturated carbocycles. The van der Waals surface area contributed by atoms with Gasteiger partial charge in [0.15, 0.2) is 41.0 Å².